The molecular formula is C11H15ClN2O. The number of nitrogens with zero attached hydrogens (tertiary/aromatic N) is 2. The fourth-order valence-corrected chi connectivity index (χ4v) is 2.10. The van der Waals surface area contributed by atoms with E-state index >= 15 is 0 Å². The van der Waals surface area contributed by atoms with Crippen LogP contribution in [0.15, 0.2) is 18.2 Å². The molecule has 2 heterocycles. The Morgan fingerprint density at radius 2 is 2.00 bits per heavy atom. The number of hydrogen-bond acceptors (Lipinski definition) is 3. The van der Waals surface area contributed by atoms with Gasteiger partial charge in [0, 0.05) is 13.1 Å². The minimum Gasteiger partial charge on any atom is -0.372 e. The van der Waals surface area contributed by atoms with Gasteiger partial charge in [-0.05, 0) is 26.0 Å². The van der Waals surface area contributed by atoms with Crippen LogP contribution in [0.5, 0.6) is 0 Å². The predicted octanol–water partition coefficient (Wildman–Crippen LogP) is 2.35. The average Bonchev–Trinajstić information content (AvgIpc) is 2.16. The number of rotatable bonds is 1. The van der Waals surface area contributed by atoms with Gasteiger partial charge in [0.1, 0.15) is 11.0 Å². The van der Waals surface area contributed by atoms with E-state index in [0.29, 0.717) is 5.15 Å². The lowest BCUT2D eigenvalue weighted by Crippen LogP contribution is -2.45. The number of aromatic nitrogens is 1. The number of ether oxygens (including phenoxy) is 1. The number of morpholine rings is 1. The van der Waals surface area contributed by atoms with E-state index in [0.717, 1.165) is 18.9 Å². The minimum absolute atomic E-state index is 0.245. The molecule has 0 saturated carbocycles. The minimum atomic E-state index is 0.245. The average molecular weight is 227 g/mol. The van der Waals surface area contributed by atoms with E-state index in [9.17, 15) is 0 Å². The maximum atomic E-state index is 5.87. The fraction of sp³-hybridized carbons (Fsp3) is 0.545. The first-order valence-electron chi connectivity index (χ1n) is 5.18. The summed E-state index contributed by atoms with van der Waals surface area (Å²) in [6.45, 7) is 5.90. The van der Waals surface area contributed by atoms with Crippen molar-refractivity contribution >= 4 is 17.4 Å². The van der Waals surface area contributed by atoms with Crippen molar-refractivity contribution in [1.82, 2.24) is 4.98 Å². The summed E-state index contributed by atoms with van der Waals surface area (Å²) < 4.78 is 5.67. The molecule has 0 aromatic carbocycles. The van der Waals surface area contributed by atoms with Gasteiger partial charge in [0.2, 0.25) is 0 Å². The molecule has 0 N–H and O–H groups in total. The van der Waals surface area contributed by atoms with Crippen molar-refractivity contribution in [3.63, 3.8) is 0 Å². The molecular weight excluding hydrogens is 212 g/mol. The third-order valence-corrected chi connectivity index (χ3v) is 2.65. The Morgan fingerprint density at radius 1 is 1.33 bits per heavy atom. The van der Waals surface area contributed by atoms with Crippen LogP contribution in [-0.4, -0.2) is 30.3 Å². The summed E-state index contributed by atoms with van der Waals surface area (Å²) in [4.78, 5) is 6.51. The van der Waals surface area contributed by atoms with Crippen molar-refractivity contribution < 1.29 is 4.74 Å². The van der Waals surface area contributed by atoms with E-state index in [1.165, 1.54) is 0 Å². The summed E-state index contributed by atoms with van der Waals surface area (Å²) in [5, 5.41) is 0.541. The van der Waals surface area contributed by atoms with Gasteiger partial charge in [0.15, 0.2) is 0 Å². The number of anilines is 1. The van der Waals surface area contributed by atoms with Crippen molar-refractivity contribution in [3.05, 3.63) is 23.4 Å². The zero-order chi connectivity index (χ0) is 10.8. The third kappa shape index (κ3) is 2.61. The quantitative estimate of drug-likeness (QED) is 0.688. The van der Waals surface area contributed by atoms with E-state index < -0.39 is 0 Å². The molecule has 0 unspecified atom stereocenters. The molecule has 1 saturated heterocycles. The van der Waals surface area contributed by atoms with Gasteiger partial charge >= 0.3 is 0 Å². The lowest BCUT2D eigenvalue weighted by atomic mass is 10.2. The molecule has 2 rings (SSSR count). The Kier molecular flexibility index (Phi) is 3.12. The molecule has 0 spiro atoms. The van der Waals surface area contributed by atoms with E-state index in [1.807, 2.05) is 12.1 Å². The molecule has 0 aliphatic carbocycles. The molecule has 3 nitrogen and oxygen atoms in total. The van der Waals surface area contributed by atoms with E-state index in [4.69, 9.17) is 16.3 Å². The van der Waals surface area contributed by atoms with Crippen LogP contribution in [0, 0.1) is 0 Å². The first-order valence-corrected chi connectivity index (χ1v) is 5.56. The molecule has 1 aromatic heterocycles. The normalized spacial score (nSPS) is 26.7. The Labute approximate surface area is 95.0 Å². The van der Waals surface area contributed by atoms with Gasteiger partial charge in [-0.3, -0.25) is 0 Å². The summed E-state index contributed by atoms with van der Waals surface area (Å²) in [6.07, 6.45) is 0.490. The van der Waals surface area contributed by atoms with Gasteiger partial charge in [0.05, 0.1) is 12.2 Å². The monoisotopic (exact) mass is 226 g/mol. The number of halogens is 1. The Hall–Kier alpha value is -0.800. The summed E-state index contributed by atoms with van der Waals surface area (Å²) in [5.41, 5.74) is 0. The van der Waals surface area contributed by atoms with E-state index in [1.54, 1.807) is 6.07 Å². The molecule has 4 heteroatoms. The van der Waals surface area contributed by atoms with E-state index in [-0.39, 0.29) is 12.2 Å². The molecule has 0 bridgehead atoms. The summed E-state index contributed by atoms with van der Waals surface area (Å²) in [5.74, 6) is 0.935. The van der Waals surface area contributed by atoms with Gasteiger partial charge < -0.3 is 9.64 Å². The van der Waals surface area contributed by atoms with Crippen LogP contribution in [0.1, 0.15) is 13.8 Å². The predicted molar refractivity (Wildman–Crippen MR) is 61.5 cm³/mol. The van der Waals surface area contributed by atoms with Crippen LogP contribution in [0.3, 0.4) is 0 Å². The van der Waals surface area contributed by atoms with Crippen LogP contribution in [-0.2, 0) is 4.74 Å². The highest BCUT2D eigenvalue weighted by atomic mass is 35.5. The van der Waals surface area contributed by atoms with Crippen LogP contribution in [0.4, 0.5) is 5.82 Å². The molecule has 1 aromatic rings. The van der Waals surface area contributed by atoms with Crippen molar-refractivity contribution in [2.45, 2.75) is 26.1 Å². The van der Waals surface area contributed by atoms with Crippen molar-refractivity contribution in [2.24, 2.45) is 0 Å². The van der Waals surface area contributed by atoms with E-state index in [2.05, 4.69) is 23.7 Å². The molecule has 15 heavy (non-hydrogen) atoms. The topological polar surface area (TPSA) is 25.4 Å². The maximum Gasteiger partial charge on any atom is 0.131 e. The fourth-order valence-electron chi connectivity index (χ4n) is 1.94. The molecule has 1 fully saturated rings. The highest BCUT2D eigenvalue weighted by Gasteiger charge is 2.22. The van der Waals surface area contributed by atoms with Crippen LogP contribution in [0.2, 0.25) is 5.15 Å². The number of hydrogen-bond donors (Lipinski definition) is 0. The first-order chi connectivity index (χ1) is 7.15. The summed E-state index contributed by atoms with van der Waals surface area (Å²) in [7, 11) is 0. The SMILES string of the molecule is C[C@@H]1CN(c2cccc(Cl)n2)C[C@H](C)O1. The van der Waals surface area contributed by atoms with Crippen LogP contribution >= 0.6 is 11.6 Å². The Morgan fingerprint density at radius 3 is 2.60 bits per heavy atom. The zero-order valence-corrected chi connectivity index (χ0v) is 9.74. The van der Waals surface area contributed by atoms with Gasteiger partial charge in [-0.25, -0.2) is 4.98 Å². The molecule has 2 atom stereocenters. The van der Waals surface area contributed by atoms with Gasteiger partial charge in [-0.15, -0.1) is 0 Å². The van der Waals surface area contributed by atoms with Crippen molar-refractivity contribution in [3.8, 4) is 0 Å². The molecule has 1 aliphatic rings. The molecule has 82 valence electrons. The molecule has 0 amide bonds. The largest absolute Gasteiger partial charge is 0.372 e. The molecule has 0 radical (unpaired) electrons. The highest BCUT2D eigenvalue weighted by Crippen LogP contribution is 2.19. The Balaban J connectivity index is 2.16. The van der Waals surface area contributed by atoms with Crippen molar-refractivity contribution in [2.75, 3.05) is 18.0 Å². The number of pyridine rings is 1. The van der Waals surface area contributed by atoms with Gasteiger partial charge in [0.25, 0.3) is 0 Å². The second kappa shape index (κ2) is 4.37. The van der Waals surface area contributed by atoms with Gasteiger partial charge in [-0.1, -0.05) is 17.7 Å². The third-order valence-electron chi connectivity index (χ3n) is 2.44. The standard InChI is InChI=1S/C11H15ClN2O/c1-8-6-14(7-9(2)15-8)11-5-3-4-10(12)13-11/h3-5,8-9H,6-7H2,1-2H3/t8-,9+. The lowest BCUT2D eigenvalue weighted by molar-refractivity contribution is -0.00545. The van der Waals surface area contributed by atoms with Crippen molar-refractivity contribution in [1.29, 1.82) is 0 Å². The first kappa shape index (κ1) is 10.7. The second-order valence-electron chi connectivity index (χ2n) is 3.98. The smallest absolute Gasteiger partial charge is 0.131 e. The maximum absolute atomic E-state index is 5.87. The second-order valence-corrected chi connectivity index (χ2v) is 4.37. The van der Waals surface area contributed by atoms with Crippen LogP contribution in [0.25, 0.3) is 0 Å². The Bertz CT molecular complexity index is 335. The summed E-state index contributed by atoms with van der Waals surface area (Å²) >= 11 is 5.87. The van der Waals surface area contributed by atoms with Crippen LogP contribution < -0.4 is 4.90 Å². The zero-order valence-electron chi connectivity index (χ0n) is 8.98. The lowest BCUT2D eigenvalue weighted by Gasteiger charge is -2.36. The van der Waals surface area contributed by atoms with Gasteiger partial charge in [-0.2, -0.15) is 0 Å². The summed E-state index contributed by atoms with van der Waals surface area (Å²) in [6, 6.07) is 5.70. The highest BCUT2D eigenvalue weighted by molar-refractivity contribution is 6.29. The molecule has 1 aliphatic heterocycles.